The number of rotatable bonds is 18. The molecule has 0 amide bonds. The minimum atomic E-state index is -0.882. The van der Waals surface area contributed by atoms with Gasteiger partial charge < -0.3 is 14.2 Å². The van der Waals surface area contributed by atoms with E-state index in [1.54, 1.807) is 18.2 Å². The van der Waals surface area contributed by atoms with Gasteiger partial charge in [-0.05, 0) is 75.3 Å². The first-order valence-corrected chi connectivity index (χ1v) is 19.1. The molecule has 54 heavy (non-hydrogen) atoms. The zero-order chi connectivity index (χ0) is 38.9. The van der Waals surface area contributed by atoms with Gasteiger partial charge >= 0.3 is 0 Å². The number of ether oxygens (including phenoxy) is 3. The van der Waals surface area contributed by atoms with E-state index < -0.39 is 23.0 Å². The van der Waals surface area contributed by atoms with E-state index in [1.165, 1.54) is 44.4 Å². The zero-order valence-corrected chi connectivity index (χ0v) is 31.7. The van der Waals surface area contributed by atoms with E-state index in [4.69, 9.17) is 14.2 Å². The SMILES string of the molecule is CCCCN1CC(Oc2cc(F)c(C=O)c(F)c2)C1.CCCCN1CC(Oc2ccc(C=O)c(F)c2)C1.CCCCN1CC(Oc2ccc(C=O)cc2)C1. The van der Waals surface area contributed by atoms with Crippen LogP contribution in [0.25, 0.3) is 0 Å². The van der Waals surface area contributed by atoms with Gasteiger partial charge in [-0.25, -0.2) is 13.2 Å². The second-order valence-electron chi connectivity index (χ2n) is 14.0. The standard InChI is InChI=1S/C14H17F2NO2.C14H18FNO2.C14H19NO2/c1-2-3-4-17-7-11(8-17)19-10-5-13(15)12(9-18)14(16)6-10;1-2-3-6-16-8-13(9-16)18-12-5-4-11(10-17)14(15)7-12;1-2-3-8-15-9-14(10-15)17-13-6-4-12(11-16)5-7-13/h5-6,9,11H,2-4,7-8H2,1H3;4-5,7,10,13H,2-3,6,8-9H2,1H3;4-7,11,14H,2-3,8-10H2,1H3. The molecule has 3 aliphatic heterocycles. The van der Waals surface area contributed by atoms with Crippen molar-refractivity contribution < 1.29 is 41.8 Å². The molecular formula is C42H54F3N3O6. The Morgan fingerprint density at radius 1 is 0.537 bits per heavy atom. The summed E-state index contributed by atoms with van der Waals surface area (Å²) in [4.78, 5) is 38.4. The highest BCUT2D eigenvalue weighted by Crippen LogP contribution is 2.24. The lowest BCUT2D eigenvalue weighted by Crippen LogP contribution is -2.53. The van der Waals surface area contributed by atoms with Crippen molar-refractivity contribution in [3.8, 4) is 17.2 Å². The Bertz CT molecular complexity index is 1590. The fraction of sp³-hybridized carbons (Fsp3) is 0.500. The Balaban J connectivity index is 0.000000181. The molecule has 3 aromatic carbocycles. The first kappa shape index (κ1) is 42.5. The van der Waals surface area contributed by atoms with Crippen molar-refractivity contribution in [3.05, 3.63) is 88.7 Å². The summed E-state index contributed by atoms with van der Waals surface area (Å²) >= 11 is 0. The fourth-order valence-corrected chi connectivity index (χ4v) is 6.10. The van der Waals surface area contributed by atoms with Gasteiger partial charge in [-0.15, -0.1) is 0 Å². The molecule has 0 atom stereocenters. The minimum Gasteiger partial charge on any atom is -0.488 e. The molecule has 0 bridgehead atoms. The number of nitrogens with zero attached hydrogens (tertiary/aromatic N) is 3. The maximum Gasteiger partial charge on any atom is 0.155 e. The molecule has 3 aromatic rings. The molecule has 0 saturated carbocycles. The lowest BCUT2D eigenvalue weighted by molar-refractivity contribution is 0.0189. The second kappa shape index (κ2) is 22.2. The van der Waals surface area contributed by atoms with Crippen LogP contribution in [0.1, 0.15) is 90.4 Å². The molecule has 6 rings (SSSR count). The van der Waals surface area contributed by atoms with Crippen LogP contribution in [-0.4, -0.2) is 111 Å². The molecule has 3 aliphatic rings. The molecule has 3 saturated heterocycles. The average Bonchev–Trinajstić information content (AvgIpc) is 3.12. The molecule has 294 valence electrons. The van der Waals surface area contributed by atoms with Crippen LogP contribution in [0.4, 0.5) is 13.2 Å². The highest BCUT2D eigenvalue weighted by Gasteiger charge is 2.29. The summed E-state index contributed by atoms with van der Waals surface area (Å²) in [6, 6.07) is 13.8. The third-order valence-electron chi connectivity index (χ3n) is 9.45. The molecule has 0 aromatic heterocycles. The van der Waals surface area contributed by atoms with Crippen LogP contribution in [-0.2, 0) is 0 Å². The number of unbranched alkanes of at least 4 members (excludes halogenated alkanes) is 3. The summed E-state index contributed by atoms with van der Waals surface area (Å²) in [5, 5.41) is 0. The summed E-state index contributed by atoms with van der Waals surface area (Å²) in [5.41, 5.74) is 0.210. The van der Waals surface area contributed by atoms with Gasteiger partial charge in [0.05, 0.1) is 11.1 Å². The molecule has 0 radical (unpaired) electrons. The van der Waals surface area contributed by atoms with Crippen molar-refractivity contribution in [3.63, 3.8) is 0 Å². The van der Waals surface area contributed by atoms with Crippen LogP contribution in [0.15, 0.2) is 54.6 Å². The van der Waals surface area contributed by atoms with Gasteiger partial charge in [-0.3, -0.25) is 29.1 Å². The van der Waals surface area contributed by atoms with Gasteiger partial charge in [0.2, 0.25) is 0 Å². The van der Waals surface area contributed by atoms with Gasteiger partial charge in [0.15, 0.2) is 12.6 Å². The lowest BCUT2D eigenvalue weighted by Gasteiger charge is -2.39. The van der Waals surface area contributed by atoms with Crippen molar-refractivity contribution in [1.29, 1.82) is 0 Å². The Morgan fingerprint density at radius 3 is 1.33 bits per heavy atom. The maximum atomic E-state index is 13.4. The van der Waals surface area contributed by atoms with Gasteiger partial charge in [-0.2, -0.15) is 0 Å². The topological polar surface area (TPSA) is 88.6 Å². The molecule has 0 N–H and O–H groups in total. The zero-order valence-electron chi connectivity index (χ0n) is 31.7. The molecule has 0 spiro atoms. The van der Waals surface area contributed by atoms with Crippen molar-refractivity contribution in [2.24, 2.45) is 0 Å². The number of halogens is 3. The third-order valence-corrected chi connectivity index (χ3v) is 9.45. The van der Waals surface area contributed by atoms with E-state index in [1.807, 2.05) is 12.1 Å². The molecule has 3 fully saturated rings. The summed E-state index contributed by atoms with van der Waals surface area (Å²) in [6.45, 7) is 15.2. The van der Waals surface area contributed by atoms with E-state index >= 15 is 0 Å². The predicted octanol–water partition coefficient (Wildman–Crippen LogP) is 7.50. The average molecular weight is 754 g/mol. The normalized spacial score (nSPS) is 16.3. The first-order valence-electron chi connectivity index (χ1n) is 19.1. The van der Waals surface area contributed by atoms with E-state index in [9.17, 15) is 27.6 Å². The Labute approximate surface area is 317 Å². The molecule has 12 heteroatoms. The monoisotopic (exact) mass is 753 g/mol. The fourth-order valence-electron chi connectivity index (χ4n) is 6.10. The van der Waals surface area contributed by atoms with Crippen LogP contribution in [0, 0.1) is 17.5 Å². The quantitative estimate of drug-likeness (QED) is 0.123. The summed E-state index contributed by atoms with van der Waals surface area (Å²) < 4.78 is 57.0. The van der Waals surface area contributed by atoms with Crippen molar-refractivity contribution in [2.45, 2.75) is 77.6 Å². The van der Waals surface area contributed by atoms with E-state index in [2.05, 4.69) is 35.5 Å². The van der Waals surface area contributed by atoms with E-state index in [0.717, 1.165) is 89.4 Å². The minimum absolute atomic E-state index is 0.0299. The summed E-state index contributed by atoms with van der Waals surface area (Å²) in [7, 11) is 0. The number of benzene rings is 3. The lowest BCUT2D eigenvalue weighted by atomic mass is 10.1. The van der Waals surface area contributed by atoms with Gasteiger partial charge in [0.25, 0.3) is 0 Å². The molecular weight excluding hydrogens is 699 g/mol. The predicted molar refractivity (Wildman–Crippen MR) is 203 cm³/mol. The molecule has 0 aliphatic carbocycles. The number of carbonyl (C=O) groups is 3. The van der Waals surface area contributed by atoms with Crippen molar-refractivity contribution in [1.82, 2.24) is 14.7 Å². The summed E-state index contributed by atoms with van der Waals surface area (Å²) in [5.74, 6) is -0.793. The Morgan fingerprint density at radius 2 is 0.944 bits per heavy atom. The maximum absolute atomic E-state index is 13.4. The van der Waals surface area contributed by atoms with Crippen LogP contribution in [0.5, 0.6) is 17.2 Å². The second-order valence-corrected chi connectivity index (χ2v) is 14.0. The number of hydrogen-bond acceptors (Lipinski definition) is 9. The highest BCUT2D eigenvalue weighted by atomic mass is 19.1. The van der Waals surface area contributed by atoms with Gasteiger partial charge in [-0.1, -0.05) is 40.0 Å². The number of hydrogen-bond donors (Lipinski definition) is 0. The number of carbonyl (C=O) groups excluding carboxylic acids is 3. The van der Waals surface area contributed by atoms with Crippen molar-refractivity contribution >= 4 is 18.9 Å². The number of aldehydes is 3. The first-order chi connectivity index (χ1) is 26.2. The smallest absolute Gasteiger partial charge is 0.155 e. The van der Waals surface area contributed by atoms with Crippen molar-refractivity contribution in [2.75, 3.05) is 58.9 Å². The highest BCUT2D eigenvalue weighted by molar-refractivity contribution is 5.76. The van der Waals surface area contributed by atoms with Gasteiger partial charge in [0, 0.05) is 63.0 Å². The molecule has 3 heterocycles. The van der Waals surface area contributed by atoms with Crippen LogP contribution < -0.4 is 14.2 Å². The summed E-state index contributed by atoms with van der Waals surface area (Å²) in [6.07, 6.45) is 9.15. The van der Waals surface area contributed by atoms with Crippen LogP contribution in [0.2, 0.25) is 0 Å². The van der Waals surface area contributed by atoms with E-state index in [-0.39, 0.29) is 29.8 Å². The molecule has 9 nitrogen and oxygen atoms in total. The Hall–Kier alpha value is -4.26. The molecule has 0 unspecified atom stereocenters. The van der Waals surface area contributed by atoms with E-state index in [0.29, 0.717) is 23.7 Å². The largest absolute Gasteiger partial charge is 0.488 e. The third kappa shape index (κ3) is 13.2. The number of likely N-dealkylation sites (tertiary alicyclic amines) is 3. The Kier molecular flexibility index (Phi) is 17.5. The van der Waals surface area contributed by atoms with Gasteiger partial charge in [0.1, 0.15) is 59.3 Å². The van der Waals surface area contributed by atoms with Crippen LogP contribution in [0.3, 0.4) is 0 Å². The van der Waals surface area contributed by atoms with Crippen LogP contribution >= 0.6 is 0 Å².